The van der Waals surface area contributed by atoms with Crippen LogP contribution in [0.2, 0.25) is 0 Å². The number of ether oxygens (including phenoxy) is 2. The van der Waals surface area contributed by atoms with Crippen molar-refractivity contribution in [2.45, 2.75) is 38.4 Å². The maximum absolute atomic E-state index is 5.94. The van der Waals surface area contributed by atoms with Crippen molar-refractivity contribution in [3.05, 3.63) is 35.4 Å². The minimum atomic E-state index is 0.118. The minimum Gasteiger partial charge on any atom is -0.375 e. The van der Waals surface area contributed by atoms with E-state index in [2.05, 4.69) is 24.3 Å². The van der Waals surface area contributed by atoms with Crippen LogP contribution in [0.4, 0.5) is 0 Å². The van der Waals surface area contributed by atoms with Gasteiger partial charge in [0.1, 0.15) is 0 Å². The molecule has 0 bridgehead atoms. The summed E-state index contributed by atoms with van der Waals surface area (Å²) in [4.78, 5) is 0. The Balaban J connectivity index is 1.81. The fourth-order valence-corrected chi connectivity index (χ4v) is 2.39. The van der Waals surface area contributed by atoms with Crippen LogP contribution in [0.15, 0.2) is 24.3 Å². The van der Waals surface area contributed by atoms with E-state index in [0.717, 1.165) is 6.42 Å². The van der Waals surface area contributed by atoms with Gasteiger partial charge in [-0.15, -0.1) is 0 Å². The molecule has 3 heteroatoms. The third kappa shape index (κ3) is 3.55. The Morgan fingerprint density at radius 1 is 1.33 bits per heavy atom. The molecule has 2 N–H and O–H groups in total. The van der Waals surface area contributed by atoms with Gasteiger partial charge in [0.2, 0.25) is 0 Å². The molecule has 1 aliphatic carbocycles. The maximum atomic E-state index is 5.94. The summed E-state index contributed by atoms with van der Waals surface area (Å²) in [6.45, 7) is 3.81. The average Bonchev–Trinajstić information content (AvgIpc) is 2.43. The van der Waals surface area contributed by atoms with Crippen molar-refractivity contribution in [1.29, 1.82) is 0 Å². The van der Waals surface area contributed by atoms with Crippen LogP contribution >= 0.6 is 0 Å². The molecule has 1 aromatic carbocycles. The first kappa shape index (κ1) is 13.5. The van der Waals surface area contributed by atoms with E-state index < -0.39 is 0 Å². The molecule has 0 saturated carbocycles. The molecule has 2 atom stereocenters. The molecule has 1 aromatic rings. The van der Waals surface area contributed by atoms with E-state index in [1.54, 1.807) is 0 Å². The summed E-state index contributed by atoms with van der Waals surface area (Å²) in [5.74, 6) is 0. The van der Waals surface area contributed by atoms with Crippen molar-refractivity contribution < 1.29 is 9.47 Å². The van der Waals surface area contributed by atoms with Crippen LogP contribution in [-0.2, 0) is 15.9 Å². The molecular formula is C15H23NO2. The Labute approximate surface area is 109 Å². The first-order valence-corrected chi connectivity index (χ1v) is 6.82. The number of rotatable bonds is 6. The molecule has 0 amide bonds. The smallest absolute Gasteiger partial charge is 0.0828 e. The standard InChI is InChI=1S/C15H23NO2/c1-12(11-16)17-9-10-18-15-8-4-6-13-5-2-3-7-14(13)15/h2-3,5,7,12,15H,4,6,8-11,16H2,1H3. The van der Waals surface area contributed by atoms with Crippen molar-refractivity contribution >= 4 is 0 Å². The second-order valence-corrected chi connectivity index (χ2v) is 4.87. The summed E-state index contributed by atoms with van der Waals surface area (Å²) in [5.41, 5.74) is 8.29. The third-order valence-electron chi connectivity index (χ3n) is 3.45. The van der Waals surface area contributed by atoms with Gasteiger partial charge < -0.3 is 15.2 Å². The summed E-state index contributed by atoms with van der Waals surface area (Å²) in [6.07, 6.45) is 3.86. The van der Waals surface area contributed by atoms with E-state index in [4.69, 9.17) is 15.2 Å². The highest BCUT2D eigenvalue weighted by Gasteiger charge is 2.19. The largest absolute Gasteiger partial charge is 0.375 e. The van der Waals surface area contributed by atoms with E-state index in [-0.39, 0.29) is 12.2 Å². The molecule has 0 heterocycles. The topological polar surface area (TPSA) is 44.5 Å². The van der Waals surface area contributed by atoms with Crippen LogP contribution in [0.5, 0.6) is 0 Å². The van der Waals surface area contributed by atoms with Crippen LogP contribution in [0.1, 0.15) is 37.0 Å². The summed E-state index contributed by atoms with van der Waals surface area (Å²) < 4.78 is 11.5. The Morgan fingerprint density at radius 3 is 3.00 bits per heavy atom. The fraction of sp³-hybridized carbons (Fsp3) is 0.600. The highest BCUT2D eigenvalue weighted by molar-refractivity contribution is 5.31. The van der Waals surface area contributed by atoms with Crippen LogP contribution in [-0.4, -0.2) is 25.9 Å². The minimum absolute atomic E-state index is 0.118. The zero-order valence-electron chi connectivity index (χ0n) is 11.1. The quantitative estimate of drug-likeness (QED) is 0.788. The van der Waals surface area contributed by atoms with Crippen LogP contribution < -0.4 is 5.73 Å². The molecule has 0 radical (unpaired) electrons. The Bertz CT molecular complexity index is 367. The number of benzene rings is 1. The summed E-state index contributed by atoms with van der Waals surface area (Å²) in [5, 5.41) is 0. The van der Waals surface area contributed by atoms with Crippen molar-refractivity contribution in [3.63, 3.8) is 0 Å². The first-order valence-electron chi connectivity index (χ1n) is 6.82. The van der Waals surface area contributed by atoms with Gasteiger partial charge in [-0.25, -0.2) is 0 Å². The van der Waals surface area contributed by atoms with Gasteiger partial charge in [-0.2, -0.15) is 0 Å². The van der Waals surface area contributed by atoms with E-state index >= 15 is 0 Å². The van der Waals surface area contributed by atoms with Crippen molar-refractivity contribution in [1.82, 2.24) is 0 Å². The second kappa shape index (κ2) is 6.88. The Morgan fingerprint density at radius 2 is 2.17 bits per heavy atom. The highest BCUT2D eigenvalue weighted by atomic mass is 16.5. The van der Waals surface area contributed by atoms with Crippen LogP contribution in [0.3, 0.4) is 0 Å². The number of hydrogen-bond acceptors (Lipinski definition) is 3. The van der Waals surface area contributed by atoms with Gasteiger partial charge in [-0.3, -0.25) is 0 Å². The van der Waals surface area contributed by atoms with Gasteiger partial charge in [0.05, 0.1) is 25.4 Å². The zero-order chi connectivity index (χ0) is 12.8. The fourth-order valence-electron chi connectivity index (χ4n) is 2.39. The molecule has 0 spiro atoms. The normalized spacial score (nSPS) is 20.4. The second-order valence-electron chi connectivity index (χ2n) is 4.87. The molecule has 3 nitrogen and oxygen atoms in total. The highest BCUT2D eigenvalue weighted by Crippen LogP contribution is 2.31. The molecule has 0 aliphatic heterocycles. The number of fused-ring (bicyclic) bond motifs is 1. The predicted octanol–water partition coefficient (Wildman–Crippen LogP) is 2.44. The van der Waals surface area contributed by atoms with Crippen molar-refractivity contribution in [2.75, 3.05) is 19.8 Å². The molecule has 0 saturated heterocycles. The lowest BCUT2D eigenvalue weighted by molar-refractivity contribution is -0.0208. The van der Waals surface area contributed by atoms with Crippen LogP contribution in [0.25, 0.3) is 0 Å². The molecule has 2 rings (SSSR count). The molecule has 100 valence electrons. The van der Waals surface area contributed by atoms with Gasteiger partial charge >= 0.3 is 0 Å². The van der Waals surface area contributed by atoms with E-state index in [0.29, 0.717) is 19.8 Å². The molecule has 0 aromatic heterocycles. The Hall–Kier alpha value is -0.900. The maximum Gasteiger partial charge on any atom is 0.0828 e. The predicted molar refractivity (Wildman–Crippen MR) is 72.5 cm³/mol. The third-order valence-corrected chi connectivity index (χ3v) is 3.45. The van der Waals surface area contributed by atoms with Gasteiger partial charge in [0, 0.05) is 6.54 Å². The summed E-state index contributed by atoms with van der Waals surface area (Å²) in [7, 11) is 0. The zero-order valence-corrected chi connectivity index (χ0v) is 11.1. The van der Waals surface area contributed by atoms with Gasteiger partial charge in [-0.05, 0) is 37.3 Å². The monoisotopic (exact) mass is 249 g/mol. The molecule has 18 heavy (non-hydrogen) atoms. The molecular weight excluding hydrogens is 226 g/mol. The van der Waals surface area contributed by atoms with E-state index in [9.17, 15) is 0 Å². The van der Waals surface area contributed by atoms with Gasteiger partial charge in [-0.1, -0.05) is 24.3 Å². The average molecular weight is 249 g/mol. The lowest BCUT2D eigenvalue weighted by atomic mass is 9.89. The van der Waals surface area contributed by atoms with Crippen molar-refractivity contribution in [2.24, 2.45) is 5.73 Å². The number of aryl methyl sites for hydroxylation is 1. The van der Waals surface area contributed by atoms with E-state index in [1.165, 1.54) is 24.0 Å². The Kier molecular flexibility index (Phi) is 5.17. The summed E-state index contributed by atoms with van der Waals surface area (Å²) >= 11 is 0. The lowest BCUT2D eigenvalue weighted by Crippen LogP contribution is -2.23. The molecule has 1 aliphatic rings. The van der Waals surface area contributed by atoms with Gasteiger partial charge in [0.25, 0.3) is 0 Å². The SMILES string of the molecule is CC(CN)OCCOC1CCCc2ccccc21. The number of nitrogens with two attached hydrogens (primary N) is 1. The van der Waals surface area contributed by atoms with Gasteiger partial charge in [0.15, 0.2) is 0 Å². The van der Waals surface area contributed by atoms with E-state index in [1.807, 2.05) is 6.92 Å². The summed E-state index contributed by atoms with van der Waals surface area (Å²) in [6, 6.07) is 8.58. The number of hydrogen-bond donors (Lipinski definition) is 1. The molecule has 2 unspecified atom stereocenters. The van der Waals surface area contributed by atoms with Crippen LogP contribution in [0, 0.1) is 0 Å². The van der Waals surface area contributed by atoms with Crippen molar-refractivity contribution in [3.8, 4) is 0 Å². The molecule has 0 fully saturated rings. The lowest BCUT2D eigenvalue weighted by Gasteiger charge is -2.25. The first-order chi connectivity index (χ1) is 8.81.